The second-order valence-electron chi connectivity index (χ2n) is 2.85. The molecule has 0 spiro atoms. The van der Waals surface area contributed by atoms with Crippen molar-refractivity contribution in [3.63, 3.8) is 0 Å². The quantitative estimate of drug-likeness (QED) is 0.505. The summed E-state index contributed by atoms with van der Waals surface area (Å²) in [6.45, 7) is 4.16. The molecule has 0 saturated heterocycles. The summed E-state index contributed by atoms with van der Waals surface area (Å²) in [5.74, 6) is 6.16. The molecule has 0 heterocycles. The molecule has 1 aromatic rings. The highest BCUT2D eigenvalue weighted by Gasteiger charge is 2.00. The van der Waals surface area contributed by atoms with Gasteiger partial charge in [0.2, 0.25) is 0 Å². The summed E-state index contributed by atoms with van der Waals surface area (Å²) in [6, 6.07) is 4.18. The summed E-state index contributed by atoms with van der Waals surface area (Å²) >= 11 is 6.75. The van der Waals surface area contributed by atoms with E-state index in [1.165, 1.54) is 11.1 Å². The molecule has 0 atom stereocenters. The van der Waals surface area contributed by atoms with Gasteiger partial charge >= 0.3 is 0 Å². The van der Waals surface area contributed by atoms with Gasteiger partial charge in [0, 0.05) is 10.0 Å². The van der Waals surface area contributed by atoms with Gasteiger partial charge in [-0.2, -0.15) is 0 Å². The van der Waals surface area contributed by atoms with Crippen molar-refractivity contribution in [2.45, 2.75) is 13.8 Å². The first-order valence-electron chi connectivity index (χ1n) is 3.96. The highest BCUT2D eigenvalue weighted by Crippen LogP contribution is 2.19. The maximum absolute atomic E-state index is 3.46. The lowest BCUT2D eigenvalue weighted by molar-refractivity contribution is 1.33. The van der Waals surface area contributed by atoms with Gasteiger partial charge in [-0.1, -0.05) is 43.7 Å². The van der Waals surface area contributed by atoms with Crippen LogP contribution in [0.25, 0.3) is 0 Å². The fourth-order valence-electron chi connectivity index (χ4n) is 1.23. The Kier molecular flexibility index (Phi) is 4.02. The van der Waals surface area contributed by atoms with Gasteiger partial charge in [0.1, 0.15) is 0 Å². The van der Waals surface area contributed by atoms with Crippen molar-refractivity contribution >= 4 is 31.9 Å². The van der Waals surface area contributed by atoms with Crippen molar-refractivity contribution in [3.8, 4) is 11.8 Å². The Hall–Kier alpha value is -0.260. The predicted octanol–water partition coefficient (Wildman–Crippen LogP) is 3.81. The number of hydrogen-bond donors (Lipinski definition) is 0. The van der Waals surface area contributed by atoms with Crippen LogP contribution in [0.4, 0.5) is 0 Å². The molecule has 1 aromatic carbocycles. The number of benzene rings is 1. The molecule has 0 bridgehead atoms. The molecule has 2 heteroatoms. The van der Waals surface area contributed by atoms with E-state index < -0.39 is 0 Å². The van der Waals surface area contributed by atoms with E-state index in [2.05, 4.69) is 69.7 Å². The molecule has 0 unspecified atom stereocenters. The Balaban J connectivity index is 3.21. The predicted molar refractivity (Wildman–Crippen MR) is 64.3 cm³/mol. The van der Waals surface area contributed by atoms with Crippen LogP contribution in [0, 0.1) is 25.7 Å². The minimum atomic E-state index is 0.724. The first kappa shape index (κ1) is 10.8. The average Bonchev–Trinajstić information content (AvgIpc) is 2.02. The van der Waals surface area contributed by atoms with E-state index in [0.29, 0.717) is 0 Å². The van der Waals surface area contributed by atoms with Gasteiger partial charge in [0.05, 0.1) is 5.33 Å². The van der Waals surface area contributed by atoms with E-state index in [4.69, 9.17) is 0 Å². The molecule has 0 fully saturated rings. The fourth-order valence-corrected chi connectivity index (χ4v) is 2.06. The Labute approximate surface area is 96.0 Å². The number of hydrogen-bond acceptors (Lipinski definition) is 0. The maximum Gasteiger partial charge on any atom is 0.0649 e. The Morgan fingerprint density at radius 3 is 2.23 bits per heavy atom. The molecule has 0 aliphatic rings. The van der Waals surface area contributed by atoms with Gasteiger partial charge in [-0.05, 0) is 37.1 Å². The van der Waals surface area contributed by atoms with E-state index in [9.17, 15) is 0 Å². The van der Waals surface area contributed by atoms with Gasteiger partial charge in [0.25, 0.3) is 0 Å². The van der Waals surface area contributed by atoms with Crippen molar-refractivity contribution in [2.24, 2.45) is 0 Å². The van der Waals surface area contributed by atoms with Gasteiger partial charge in [-0.15, -0.1) is 0 Å². The van der Waals surface area contributed by atoms with Crippen molar-refractivity contribution < 1.29 is 0 Å². The van der Waals surface area contributed by atoms with Crippen LogP contribution in [0.5, 0.6) is 0 Å². The summed E-state index contributed by atoms with van der Waals surface area (Å²) in [7, 11) is 0. The SMILES string of the molecule is Cc1cc(Br)cc(C)c1C#CCBr. The van der Waals surface area contributed by atoms with Crippen molar-refractivity contribution in [3.05, 3.63) is 33.3 Å². The Bertz CT molecular complexity index is 346. The number of rotatable bonds is 0. The van der Waals surface area contributed by atoms with E-state index in [1.54, 1.807) is 0 Å². The third kappa shape index (κ3) is 2.86. The van der Waals surface area contributed by atoms with Gasteiger partial charge in [0.15, 0.2) is 0 Å². The summed E-state index contributed by atoms with van der Waals surface area (Å²) in [5.41, 5.74) is 3.59. The highest BCUT2D eigenvalue weighted by atomic mass is 79.9. The van der Waals surface area contributed by atoms with E-state index in [1.807, 2.05) is 0 Å². The van der Waals surface area contributed by atoms with E-state index >= 15 is 0 Å². The zero-order chi connectivity index (χ0) is 9.84. The molecule has 0 radical (unpaired) electrons. The van der Waals surface area contributed by atoms with Crippen LogP contribution in [0.3, 0.4) is 0 Å². The molecule has 0 aliphatic carbocycles. The zero-order valence-corrected chi connectivity index (χ0v) is 10.8. The third-order valence-electron chi connectivity index (χ3n) is 1.78. The molecule has 0 aliphatic heterocycles. The van der Waals surface area contributed by atoms with Crippen LogP contribution in [0.15, 0.2) is 16.6 Å². The summed E-state index contributed by atoms with van der Waals surface area (Å²) in [4.78, 5) is 0. The Morgan fingerprint density at radius 1 is 1.23 bits per heavy atom. The van der Waals surface area contributed by atoms with Crippen molar-refractivity contribution in [2.75, 3.05) is 5.33 Å². The molecule has 0 saturated carbocycles. The van der Waals surface area contributed by atoms with Crippen LogP contribution in [-0.4, -0.2) is 5.33 Å². The molecule has 68 valence electrons. The van der Waals surface area contributed by atoms with Crippen molar-refractivity contribution in [1.82, 2.24) is 0 Å². The standard InChI is InChI=1S/C11H10Br2/c1-8-6-10(13)7-9(2)11(8)4-3-5-12/h6-7H,5H2,1-2H3. The van der Waals surface area contributed by atoms with Gasteiger partial charge < -0.3 is 0 Å². The maximum atomic E-state index is 3.46. The molecule has 1 rings (SSSR count). The highest BCUT2D eigenvalue weighted by molar-refractivity contribution is 9.10. The number of aryl methyl sites for hydroxylation is 2. The number of alkyl halides is 1. The lowest BCUT2D eigenvalue weighted by Gasteiger charge is -2.03. The molecule has 0 nitrogen and oxygen atoms in total. The van der Waals surface area contributed by atoms with Crippen molar-refractivity contribution in [1.29, 1.82) is 0 Å². The van der Waals surface area contributed by atoms with Crippen LogP contribution >= 0.6 is 31.9 Å². The minimum Gasteiger partial charge on any atom is -0.0863 e. The topological polar surface area (TPSA) is 0 Å². The van der Waals surface area contributed by atoms with Gasteiger partial charge in [-0.3, -0.25) is 0 Å². The normalized spacial score (nSPS) is 9.23. The second kappa shape index (κ2) is 4.83. The van der Waals surface area contributed by atoms with Crippen LogP contribution < -0.4 is 0 Å². The van der Waals surface area contributed by atoms with E-state index in [0.717, 1.165) is 15.4 Å². The first-order valence-corrected chi connectivity index (χ1v) is 5.88. The molecular weight excluding hydrogens is 292 g/mol. The molecular formula is C11H10Br2. The Morgan fingerprint density at radius 2 is 1.77 bits per heavy atom. The lowest BCUT2D eigenvalue weighted by Crippen LogP contribution is -1.87. The van der Waals surface area contributed by atoms with Crippen LogP contribution in [-0.2, 0) is 0 Å². The summed E-state index contributed by atoms with van der Waals surface area (Å²) in [6.07, 6.45) is 0. The fraction of sp³-hybridized carbons (Fsp3) is 0.273. The lowest BCUT2D eigenvalue weighted by atomic mass is 10.0. The molecule has 0 aromatic heterocycles. The largest absolute Gasteiger partial charge is 0.0863 e. The molecule has 13 heavy (non-hydrogen) atoms. The molecule has 0 amide bonds. The average molecular weight is 302 g/mol. The van der Waals surface area contributed by atoms with Gasteiger partial charge in [-0.25, -0.2) is 0 Å². The first-order chi connectivity index (χ1) is 6.15. The monoisotopic (exact) mass is 300 g/mol. The molecule has 0 N–H and O–H groups in total. The van der Waals surface area contributed by atoms with Crippen LogP contribution in [0.2, 0.25) is 0 Å². The summed E-state index contributed by atoms with van der Waals surface area (Å²) < 4.78 is 1.12. The minimum absolute atomic E-state index is 0.724. The second-order valence-corrected chi connectivity index (χ2v) is 4.33. The summed E-state index contributed by atoms with van der Waals surface area (Å²) in [5, 5.41) is 0.724. The van der Waals surface area contributed by atoms with Crippen LogP contribution in [0.1, 0.15) is 16.7 Å². The zero-order valence-electron chi connectivity index (χ0n) is 7.62. The smallest absolute Gasteiger partial charge is 0.0649 e. The third-order valence-corrected chi connectivity index (χ3v) is 2.52. The van der Waals surface area contributed by atoms with E-state index in [-0.39, 0.29) is 0 Å². The number of halogens is 2.